The van der Waals surface area contributed by atoms with Crippen LogP contribution in [0.3, 0.4) is 0 Å². The Hall–Kier alpha value is -2.09. The van der Waals surface area contributed by atoms with E-state index in [-0.39, 0.29) is 0 Å². The van der Waals surface area contributed by atoms with Gasteiger partial charge in [-0.05, 0) is 42.5 Å². The molecule has 108 valence electrons. The molecule has 1 aliphatic heterocycles. The molecule has 0 saturated carbocycles. The van der Waals surface area contributed by atoms with Crippen LogP contribution in [0.2, 0.25) is 0 Å². The molecule has 0 aliphatic carbocycles. The minimum Gasteiger partial charge on any atom is -0.372 e. The fourth-order valence-corrected chi connectivity index (χ4v) is 2.76. The number of hydrogen-bond donors (Lipinski definition) is 0. The van der Waals surface area contributed by atoms with Crippen molar-refractivity contribution in [2.45, 2.75) is 25.8 Å². The van der Waals surface area contributed by atoms with Crippen molar-refractivity contribution in [2.75, 3.05) is 18.0 Å². The molecule has 2 aromatic rings. The van der Waals surface area contributed by atoms with E-state index in [4.69, 9.17) is 0 Å². The Bertz CT molecular complexity index is 566. The molecule has 0 aromatic heterocycles. The van der Waals surface area contributed by atoms with Crippen LogP contribution in [0.4, 0.5) is 5.69 Å². The number of benzene rings is 2. The number of rotatable bonds is 4. The van der Waals surface area contributed by atoms with Gasteiger partial charge in [-0.15, -0.1) is 0 Å². The van der Waals surface area contributed by atoms with Crippen LogP contribution >= 0.6 is 0 Å². The van der Waals surface area contributed by atoms with E-state index in [2.05, 4.69) is 58.4 Å². The van der Waals surface area contributed by atoms with Crippen LogP contribution in [0.5, 0.6) is 0 Å². The third kappa shape index (κ3) is 3.94. The van der Waals surface area contributed by atoms with Crippen LogP contribution < -0.4 is 4.90 Å². The summed E-state index contributed by atoms with van der Waals surface area (Å²) in [6.45, 7) is 3.14. The lowest BCUT2D eigenvalue weighted by Gasteiger charge is -2.28. The van der Waals surface area contributed by atoms with E-state index in [1.165, 1.54) is 49.2 Å². The zero-order valence-electron chi connectivity index (χ0n) is 12.4. The Labute approximate surface area is 127 Å². The Kier molecular flexibility index (Phi) is 4.67. The van der Waals surface area contributed by atoms with Crippen molar-refractivity contribution in [2.24, 2.45) is 4.99 Å². The average molecular weight is 278 g/mol. The number of nitrogens with zero attached hydrogens (tertiary/aromatic N) is 2. The van der Waals surface area contributed by atoms with E-state index < -0.39 is 0 Å². The summed E-state index contributed by atoms with van der Waals surface area (Å²) in [6.07, 6.45) is 5.98. The zero-order valence-corrected chi connectivity index (χ0v) is 12.4. The van der Waals surface area contributed by atoms with Crippen LogP contribution in [0, 0.1) is 0 Å². The molecule has 0 spiro atoms. The van der Waals surface area contributed by atoms with Crippen LogP contribution in [-0.4, -0.2) is 19.3 Å². The highest BCUT2D eigenvalue weighted by molar-refractivity contribution is 5.80. The fraction of sp³-hybridized carbons (Fsp3) is 0.316. The number of anilines is 1. The van der Waals surface area contributed by atoms with Gasteiger partial charge in [0.1, 0.15) is 0 Å². The van der Waals surface area contributed by atoms with E-state index in [1.54, 1.807) is 0 Å². The molecule has 3 rings (SSSR count). The van der Waals surface area contributed by atoms with E-state index >= 15 is 0 Å². The Morgan fingerprint density at radius 1 is 0.857 bits per heavy atom. The van der Waals surface area contributed by atoms with Crippen LogP contribution in [0.1, 0.15) is 30.4 Å². The molecule has 0 radical (unpaired) electrons. The molecule has 1 heterocycles. The Morgan fingerprint density at radius 3 is 2.29 bits per heavy atom. The van der Waals surface area contributed by atoms with Gasteiger partial charge in [0.15, 0.2) is 0 Å². The lowest BCUT2D eigenvalue weighted by atomic mass is 10.1. The number of aliphatic imine (C=N–C) groups is 1. The highest BCUT2D eigenvalue weighted by Gasteiger charge is 2.09. The van der Waals surface area contributed by atoms with Crippen molar-refractivity contribution in [3.8, 4) is 0 Å². The van der Waals surface area contributed by atoms with Gasteiger partial charge in [0.25, 0.3) is 0 Å². The topological polar surface area (TPSA) is 15.6 Å². The standard InChI is InChI=1S/C19H22N2/c1-3-7-17(8-4-1)15-20-16-18-9-11-19(12-10-18)21-13-5-2-6-14-21/h1,3-4,7-12,16H,2,5-6,13-15H2. The van der Waals surface area contributed by atoms with E-state index in [9.17, 15) is 0 Å². The molecule has 2 heteroatoms. The van der Waals surface area contributed by atoms with Crippen LogP contribution in [-0.2, 0) is 6.54 Å². The molecule has 2 aromatic carbocycles. The van der Waals surface area contributed by atoms with Gasteiger partial charge < -0.3 is 4.90 Å². The van der Waals surface area contributed by atoms with Gasteiger partial charge in [0.2, 0.25) is 0 Å². The molecule has 1 saturated heterocycles. The second kappa shape index (κ2) is 7.07. The number of piperidine rings is 1. The minimum atomic E-state index is 0.745. The first-order valence-corrected chi connectivity index (χ1v) is 7.80. The summed E-state index contributed by atoms with van der Waals surface area (Å²) in [7, 11) is 0. The molecule has 0 unspecified atom stereocenters. The third-order valence-electron chi connectivity index (χ3n) is 3.97. The van der Waals surface area contributed by atoms with E-state index in [1.807, 2.05) is 12.3 Å². The van der Waals surface area contributed by atoms with E-state index in [0.29, 0.717) is 0 Å². The van der Waals surface area contributed by atoms with Crippen molar-refractivity contribution in [1.82, 2.24) is 0 Å². The summed E-state index contributed by atoms with van der Waals surface area (Å²) in [5, 5.41) is 0. The molecule has 2 nitrogen and oxygen atoms in total. The predicted molar refractivity (Wildman–Crippen MR) is 90.2 cm³/mol. The smallest absolute Gasteiger partial charge is 0.0639 e. The second-order valence-corrected chi connectivity index (χ2v) is 5.59. The maximum atomic E-state index is 4.52. The molecule has 21 heavy (non-hydrogen) atoms. The van der Waals surface area contributed by atoms with Gasteiger partial charge >= 0.3 is 0 Å². The van der Waals surface area contributed by atoms with Gasteiger partial charge in [0, 0.05) is 25.0 Å². The Balaban J connectivity index is 1.59. The van der Waals surface area contributed by atoms with Gasteiger partial charge in [-0.2, -0.15) is 0 Å². The molecule has 0 atom stereocenters. The van der Waals surface area contributed by atoms with Crippen molar-refractivity contribution in [3.05, 3.63) is 65.7 Å². The molecule has 1 fully saturated rings. The molecular formula is C19H22N2. The van der Waals surface area contributed by atoms with Crippen molar-refractivity contribution >= 4 is 11.9 Å². The zero-order chi connectivity index (χ0) is 14.3. The predicted octanol–water partition coefficient (Wildman–Crippen LogP) is 4.30. The minimum absolute atomic E-state index is 0.745. The lowest BCUT2D eigenvalue weighted by molar-refractivity contribution is 0.578. The second-order valence-electron chi connectivity index (χ2n) is 5.59. The first kappa shape index (κ1) is 13.9. The first-order valence-electron chi connectivity index (χ1n) is 7.80. The summed E-state index contributed by atoms with van der Waals surface area (Å²) in [5.41, 5.74) is 3.76. The van der Waals surface area contributed by atoms with Crippen LogP contribution in [0.25, 0.3) is 0 Å². The molecular weight excluding hydrogens is 256 g/mol. The van der Waals surface area contributed by atoms with Crippen molar-refractivity contribution in [1.29, 1.82) is 0 Å². The van der Waals surface area contributed by atoms with Gasteiger partial charge in [-0.25, -0.2) is 0 Å². The number of hydrogen-bond acceptors (Lipinski definition) is 2. The highest BCUT2D eigenvalue weighted by Crippen LogP contribution is 2.19. The van der Waals surface area contributed by atoms with Gasteiger partial charge in [0.05, 0.1) is 6.54 Å². The molecule has 0 N–H and O–H groups in total. The largest absolute Gasteiger partial charge is 0.372 e. The molecule has 1 aliphatic rings. The normalized spacial score (nSPS) is 15.5. The maximum Gasteiger partial charge on any atom is 0.0639 e. The molecule has 0 amide bonds. The quantitative estimate of drug-likeness (QED) is 0.761. The van der Waals surface area contributed by atoms with Gasteiger partial charge in [-0.1, -0.05) is 42.5 Å². The lowest BCUT2D eigenvalue weighted by Crippen LogP contribution is -2.29. The molecule has 0 bridgehead atoms. The maximum absolute atomic E-state index is 4.52. The van der Waals surface area contributed by atoms with Gasteiger partial charge in [-0.3, -0.25) is 4.99 Å². The van der Waals surface area contributed by atoms with Crippen molar-refractivity contribution in [3.63, 3.8) is 0 Å². The summed E-state index contributed by atoms with van der Waals surface area (Å²) in [6, 6.07) is 19.1. The Morgan fingerprint density at radius 2 is 1.57 bits per heavy atom. The third-order valence-corrected chi connectivity index (χ3v) is 3.97. The summed E-state index contributed by atoms with van der Waals surface area (Å²) in [4.78, 5) is 7.00. The SMILES string of the molecule is C(=NCc1ccccc1)c1ccc(N2CCCCC2)cc1. The summed E-state index contributed by atoms with van der Waals surface area (Å²) < 4.78 is 0. The average Bonchev–Trinajstić information content (AvgIpc) is 2.57. The monoisotopic (exact) mass is 278 g/mol. The van der Waals surface area contributed by atoms with Crippen LogP contribution in [0.15, 0.2) is 59.6 Å². The summed E-state index contributed by atoms with van der Waals surface area (Å²) in [5.74, 6) is 0. The first-order chi connectivity index (χ1) is 10.4. The summed E-state index contributed by atoms with van der Waals surface area (Å²) >= 11 is 0. The van der Waals surface area contributed by atoms with Crippen molar-refractivity contribution < 1.29 is 0 Å². The van der Waals surface area contributed by atoms with E-state index in [0.717, 1.165) is 6.54 Å². The fourth-order valence-electron chi connectivity index (χ4n) is 2.76. The highest BCUT2D eigenvalue weighted by atomic mass is 15.1.